The third-order valence-electron chi connectivity index (χ3n) is 2.45. The zero-order valence-electron chi connectivity index (χ0n) is 11.1. The third-order valence-corrected chi connectivity index (χ3v) is 4.22. The average Bonchev–Trinajstić information content (AvgIpc) is 2.25. The molecule has 0 saturated heterocycles. The van der Waals surface area contributed by atoms with Crippen LogP contribution in [0.2, 0.25) is 0 Å². The Balaban J connectivity index is 0.00000200. The first kappa shape index (κ1) is 22.6. The Kier molecular flexibility index (Phi) is 8.73. The van der Waals surface area contributed by atoms with Crippen LogP contribution in [0.5, 0.6) is 5.75 Å². The summed E-state index contributed by atoms with van der Waals surface area (Å²) in [4.78, 5) is -1.40. The van der Waals surface area contributed by atoms with Crippen molar-refractivity contribution in [2.45, 2.75) is 9.79 Å². The predicted molar refractivity (Wildman–Crippen MR) is 61.2 cm³/mol. The molecule has 0 fully saturated rings. The van der Waals surface area contributed by atoms with Crippen LogP contribution in [0.4, 0.5) is 0 Å². The summed E-state index contributed by atoms with van der Waals surface area (Å²) in [5.74, 6) is -0.923. The first-order chi connectivity index (χ1) is 8.60. The van der Waals surface area contributed by atoms with Crippen LogP contribution >= 0.6 is 0 Å². The maximum atomic E-state index is 11.4. The summed E-state index contributed by atoms with van der Waals surface area (Å²) in [6, 6.07) is 4.84. The van der Waals surface area contributed by atoms with Crippen LogP contribution in [0.1, 0.15) is 0 Å². The van der Waals surface area contributed by atoms with Gasteiger partial charge in [0, 0.05) is 5.39 Å². The van der Waals surface area contributed by atoms with E-state index in [0.29, 0.717) is 0 Å². The van der Waals surface area contributed by atoms with E-state index >= 15 is 0 Å². The molecule has 0 heterocycles. The Hall–Kier alpha value is 1.59. The van der Waals surface area contributed by atoms with Crippen LogP contribution in [0.15, 0.2) is 40.1 Å². The van der Waals surface area contributed by atoms with E-state index in [-0.39, 0.29) is 114 Å². The smallest absolute Gasteiger partial charge is 0.872 e. The molecule has 0 radical (unpaired) electrons. The number of rotatable bonds is 2. The van der Waals surface area contributed by atoms with E-state index in [2.05, 4.69) is 0 Å². The quantitative estimate of drug-likeness (QED) is 0.405. The van der Waals surface area contributed by atoms with Crippen LogP contribution < -0.4 is 108 Å². The van der Waals surface area contributed by atoms with Crippen LogP contribution in [0, 0.1) is 0 Å². The molecule has 0 bridgehead atoms. The van der Waals surface area contributed by atoms with Crippen LogP contribution in [-0.4, -0.2) is 25.9 Å². The van der Waals surface area contributed by atoms with E-state index in [1.807, 2.05) is 0 Å². The molecule has 7 nitrogen and oxygen atoms in total. The minimum Gasteiger partial charge on any atom is -0.872 e. The van der Waals surface area contributed by atoms with Crippen molar-refractivity contribution in [3.63, 3.8) is 0 Å². The van der Waals surface area contributed by atoms with Gasteiger partial charge in [-0.2, -0.15) is 8.42 Å². The largest absolute Gasteiger partial charge is 1.00 e. The zero-order valence-corrected chi connectivity index (χ0v) is 19.0. The van der Waals surface area contributed by atoms with Gasteiger partial charge in [-0.25, -0.2) is 8.42 Å². The number of hydrogen-bond acceptors (Lipinski definition) is 6. The van der Waals surface area contributed by atoms with Crippen molar-refractivity contribution in [1.29, 1.82) is 0 Å². The maximum Gasteiger partial charge on any atom is 1.00 e. The monoisotopic (exact) mass is 380 g/mol. The van der Waals surface area contributed by atoms with Gasteiger partial charge in [0.2, 0.25) is 0 Å². The van der Waals surface area contributed by atoms with E-state index in [1.165, 1.54) is 6.07 Å². The normalized spacial score (nSPS) is 11.5. The summed E-state index contributed by atoms with van der Waals surface area (Å²) in [6.45, 7) is 0. The van der Waals surface area contributed by atoms with E-state index in [4.69, 9.17) is 4.55 Å². The molecule has 0 aromatic heterocycles. The molecular weight excluding hydrogens is 374 g/mol. The minimum absolute atomic E-state index is 0. The second-order valence-corrected chi connectivity index (χ2v) is 6.44. The molecule has 0 unspecified atom stereocenters. The topological polar surface area (TPSA) is 135 Å². The summed E-state index contributed by atoms with van der Waals surface area (Å²) in [7, 11) is -9.44. The molecule has 0 aliphatic rings. The fourth-order valence-corrected chi connectivity index (χ4v) is 2.97. The fraction of sp³-hybridized carbons (Fsp3) is 0. The van der Waals surface area contributed by atoms with Crippen molar-refractivity contribution >= 4 is 31.0 Å². The molecule has 0 aliphatic carbocycles. The summed E-state index contributed by atoms with van der Waals surface area (Å²) >= 11 is 0. The Bertz CT molecular complexity index is 876. The standard InChI is InChI=1S/C10H8O7S2.2K/c11-9-4-1-6-5-7(18(12,13)14)2-3-8(6)10(9)19(15,16)17;;/h1-5,11H,(H,12,13,14)(H,15,16,17);;/q;2*+1/p-2. The predicted octanol–water partition coefficient (Wildman–Crippen LogP) is -5.93. The summed E-state index contributed by atoms with van der Waals surface area (Å²) in [5, 5.41) is 11.3. The van der Waals surface area contributed by atoms with Gasteiger partial charge < -0.3 is 9.66 Å². The first-order valence-electron chi connectivity index (χ1n) is 4.78. The van der Waals surface area contributed by atoms with Crippen molar-refractivity contribution in [3.8, 4) is 5.75 Å². The van der Waals surface area contributed by atoms with Crippen LogP contribution in [0.3, 0.4) is 0 Å². The molecule has 11 heteroatoms. The molecule has 2 rings (SSSR count). The molecule has 102 valence electrons. The Labute approximate surface area is 206 Å². The van der Waals surface area contributed by atoms with Crippen molar-refractivity contribution in [2.75, 3.05) is 0 Å². The van der Waals surface area contributed by atoms with Gasteiger partial charge in [0.25, 0.3) is 10.1 Å². The summed E-state index contributed by atoms with van der Waals surface area (Å²) < 4.78 is 63.8. The third kappa shape index (κ3) is 5.29. The van der Waals surface area contributed by atoms with Gasteiger partial charge >= 0.3 is 103 Å². The first-order valence-corrected chi connectivity index (χ1v) is 7.63. The molecule has 0 aliphatic heterocycles. The maximum absolute atomic E-state index is 11.4. The fourth-order valence-electron chi connectivity index (χ4n) is 1.68. The summed E-state index contributed by atoms with van der Waals surface area (Å²) in [5.41, 5.74) is 0. The summed E-state index contributed by atoms with van der Waals surface area (Å²) in [6.07, 6.45) is 0. The Morgan fingerprint density at radius 2 is 1.52 bits per heavy atom. The van der Waals surface area contributed by atoms with Gasteiger partial charge in [-0.05, 0) is 17.5 Å². The van der Waals surface area contributed by atoms with Crippen LogP contribution in [0.25, 0.3) is 10.8 Å². The van der Waals surface area contributed by atoms with Gasteiger partial charge in [-0.15, -0.1) is 0 Å². The molecule has 0 atom stereocenters. The van der Waals surface area contributed by atoms with E-state index < -0.39 is 35.8 Å². The molecular formula is C10H6K2O7S2. The molecule has 2 aromatic rings. The van der Waals surface area contributed by atoms with Gasteiger partial charge in [-0.1, -0.05) is 23.9 Å². The van der Waals surface area contributed by atoms with Crippen molar-refractivity contribution < 1.29 is 134 Å². The molecule has 1 N–H and O–H groups in total. The Morgan fingerprint density at radius 3 is 2.00 bits per heavy atom. The average molecular weight is 380 g/mol. The number of hydrogen-bond donors (Lipinski definition) is 1. The van der Waals surface area contributed by atoms with Gasteiger partial charge in [0.1, 0.15) is 10.1 Å². The van der Waals surface area contributed by atoms with Crippen molar-refractivity contribution in [1.82, 2.24) is 0 Å². The molecule has 0 saturated carbocycles. The molecule has 21 heavy (non-hydrogen) atoms. The Morgan fingerprint density at radius 1 is 0.952 bits per heavy atom. The molecule has 0 spiro atoms. The van der Waals surface area contributed by atoms with E-state index in [9.17, 15) is 26.5 Å². The second-order valence-electron chi connectivity index (χ2n) is 3.70. The molecule has 2 aromatic carbocycles. The van der Waals surface area contributed by atoms with Gasteiger partial charge in [-0.3, -0.25) is 4.55 Å². The molecule has 0 amide bonds. The van der Waals surface area contributed by atoms with E-state index in [0.717, 1.165) is 24.3 Å². The van der Waals surface area contributed by atoms with Crippen molar-refractivity contribution in [3.05, 3.63) is 30.3 Å². The van der Waals surface area contributed by atoms with Crippen molar-refractivity contribution in [2.24, 2.45) is 0 Å². The van der Waals surface area contributed by atoms with Gasteiger partial charge in [0.15, 0.2) is 0 Å². The number of fused-ring (bicyclic) bond motifs is 1. The number of benzene rings is 2. The SMILES string of the molecule is O=S(=O)([O-])c1ccc2c(S(=O)(=O)O)c([O-])ccc2c1.[K+].[K+]. The minimum atomic E-state index is -4.75. The zero-order chi connectivity index (χ0) is 14.4. The van der Waals surface area contributed by atoms with Gasteiger partial charge in [0.05, 0.1) is 9.79 Å². The second kappa shape index (κ2) is 8.11. The van der Waals surface area contributed by atoms with Crippen LogP contribution in [-0.2, 0) is 20.2 Å². The van der Waals surface area contributed by atoms with E-state index in [1.54, 1.807) is 0 Å².